The monoisotopic (exact) mass is 190 g/mol. The fraction of sp³-hybridized carbons (Fsp3) is 0.364. The Morgan fingerprint density at radius 1 is 1.43 bits per heavy atom. The van der Waals surface area contributed by atoms with Crippen LogP contribution in [-0.2, 0) is 4.74 Å². The van der Waals surface area contributed by atoms with Crippen molar-refractivity contribution in [1.29, 1.82) is 0 Å². The minimum atomic E-state index is 0.657. The van der Waals surface area contributed by atoms with Crippen LogP contribution in [0.3, 0.4) is 0 Å². The predicted octanol–water partition coefficient (Wildman–Crippen LogP) is 1.70. The fourth-order valence-electron chi connectivity index (χ4n) is 1.61. The Morgan fingerprint density at radius 2 is 2.21 bits per heavy atom. The Kier molecular flexibility index (Phi) is 2.15. The van der Waals surface area contributed by atoms with Crippen LogP contribution < -0.4 is 0 Å². The summed E-state index contributed by atoms with van der Waals surface area (Å²) in [5.74, 6) is 1.73. The molecular formula is C11H14N2O. The molecule has 0 aromatic heterocycles. The number of amidine groups is 1. The van der Waals surface area contributed by atoms with E-state index in [-0.39, 0.29) is 0 Å². The second-order valence-electron chi connectivity index (χ2n) is 3.42. The maximum absolute atomic E-state index is 5.47. The van der Waals surface area contributed by atoms with E-state index in [0.717, 1.165) is 17.3 Å². The fourth-order valence-corrected chi connectivity index (χ4v) is 1.61. The molecular weight excluding hydrogens is 176 g/mol. The molecule has 0 N–H and O–H groups in total. The third-order valence-corrected chi connectivity index (χ3v) is 2.20. The summed E-state index contributed by atoms with van der Waals surface area (Å²) < 4.78 is 5.47. The molecule has 3 nitrogen and oxygen atoms in total. The average Bonchev–Trinajstić information content (AvgIpc) is 2.67. The van der Waals surface area contributed by atoms with Gasteiger partial charge in [-0.15, -0.1) is 0 Å². The van der Waals surface area contributed by atoms with Gasteiger partial charge in [0.1, 0.15) is 5.84 Å². The largest absolute Gasteiger partial charge is 0.477 e. The first kappa shape index (κ1) is 9.06. The van der Waals surface area contributed by atoms with Gasteiger partial charge in [-0.05, 0) is 13.0 Å². The third-order valence-electron chi connectivity index (χ3n) is 2.20. The summed E-state index contributed by atoms with van der Waals surface area (Å²) in [6.45, 7) is 2.63. The van der Waals surface area contributed by atoms with Crippen molar-refractivity contribution in [2.45, 2.75) is 6.92 Å². The number of aliphatic imine (C=N–C) groups is 1. The molecule has 0 saturated heterocycles. The van der Waals surface area contributed by atoms with E-state index in [1.165, 1.54) is 5.57 Å². The number of fused-ring (bicyclic) bond motifs is 1. The molecule has 14 heavy (non-hydrogen) atoms. The van der Waals surface area contributed by atoms with Crippen LogP contribution in [0.25, 0.3) is 0 Å². The minimum Gasteiger partial charge on any atom is -0.477 e. The molecule has 0 unspecified atom stereocenters. The maximum atomic E-state index is 5.47. The van der Waals surface area contributed by atoms with Crippen LogP contribution >= 0.6 is 0 Å². The van der Waals surface area contributed by atoms with Gasteiger partial charge in [0.15, 0.2) is 0 Å². The number of rotatable bonds is 2. The SMILES string of the molecule is CCOC1=C2C=CC=C2C(N(C)C)=N1. The number of hydrogen-bond donors (Lipinski definition) is 0. The van der Waals surface area contributed by atoms with Gasteiger partial charge in [0.2, 0.25) is 5.88 Å². The molecule has 1 aliphatic heterocycles. The molecule has 1 heterocycles. The Balaban J connectivity index is 2.34. The van der Waals surface area contributed by atoms with Crippen LogP contribution in [0.1, 0.15) is 6.92 Å². The molecule has 0 aromatic rings. The highest BCUT2D eigenvalue weighted by atomic mass is 16.5. The van der Waals surface area contributed by atoms with Crippen molar-refractivity contribution in [3.63, 3.8) is 0 Å². The van der Waals surface area contributed by atoms with Gasteiger partial charge < -0.3 is 9.64 Å². The Labute approximate surface area is 84.1 Å². The summed E-state index contributed by atoms with van der Waals surface area (Å²) in [5.41, 5.74) is 2.27. The highest BCUT2D eigenvalue weighted by molar-refractivity contribution is 6.07. The molecule has 1 aliphatic carbocycles. The lowest BCUT2D eigenvalue weighted by molar-refractivity contribution is 0.226. The zero-order valence-electron chi connectivity index (χ0n) is 8.74. The van der Waals surface area contributed by atoms with Crippen LogP contribution in [0.2, 0.25) is 0 Å². The molecule has 2 aliphatic rings. The normalized spacial score (nSPS) is 18.2. The maximum Gasteiger partial charge on any atom is 0.223 e. The number of nitrogens with zero attached hydrogens (tertiary/aromatic N) is 2. The van der Waals surface area contributed by atoms with Gasteiger partial charge in [-0.3, -0.25) is 0 Å². The van der Waals surface area contributed by atoms with E-state index >= 15 is 0 Å². The van der Waals surface area contributed by atoms with Crippen molar-refractivity contribution < 1.29 is 4.74 Å². The first-order valence-corrected chi connectivity index (χ1v) is 4.76. The van der Waals surface area contributed by atoms with Crippen molar-refractivity contribution >= 4 is 5.84 Å². The summed E-state index contributed by atoms with van der Waals surface area (Å²) in [4.78, 5) is 6.45. The molecule has 0 saturated carbocycles. The van der Waals surface area contributed by atoms with Gasteiger partial charge >= 0.3 is 0 Å². The number of ether oxygens (including phenoxy) is 1. The first-order chi connectivity index (χ1) is 6.74. The van der Waals surface area contributed by atoms with Crippen molar-refractivity contribution in [3.05, 3.63) is 35.3 Å². The highest BCUT2D eigenvalue weighted by Gasteiger charge is 2.26. The molecule has 74 valence electrons. The second kappa shape index (κ2) is 3.33. The molecule has 0 aromatic carbocycles. The van der Waals surface area contributed by atoms with Crippen LogP contribution in [0.15, 0.2) is 40.2 Å². The topological polar surface area (TPSA) is 24.8 Å². The van der Waals surface area contributed by atoms with E-state index in [0.29, 0.717) is 6.61 Å². The Bertz CT molecular complexity index is 373. The third kappa shape index (κ3) is 1.25. The van der Waals surface area contributed by atoms with Crippen molar-refractivity contribution in [3.8, 4) is 0 Å². The zero-order valence-corrected chi connectivity index (χ0v) is 8.74. The minimum absolute atomic E-state index is 0.657. The Morgan fingerprint density at radius 3 is 2.86 bits per heavy atom. The average molecular weight is 190 g/mol. The molecule has 0 atom stereocenters. The molecule has 0 bridgehead atoms. The summed E-state index contributed by atoms with van der Waals surface area (Å²) in [6.07, 6.45) is 6.14. The van der Waals surface area contributed by atoms with Crippen molar-refractivity contribution in [2.75, 3.05) is 20.7 Å². The number of allylic oxidation sites excluding steroid dienone is 3. The van der Waals surface area contributed by atoms with Crippen LogP contribution in [0.4, 0.5) is 0 Å². The van der Waals surface area contributed by atoms with E-state index in [2.05, 4.69) is 11.1 Å². The molecule has 0 fully saturated rings. The molecule has 0 spiro atoms. The zero-order chi connectivity index (χ0) is 10.1. The lowest BCUT2D eigenvalue weighted by atomic mass is 10.1. The van der Waals surface area contributed by atoms with Gasteiger partial charge in [-0.25, -0.2) is 0 Å². The lowest BCUT2D eigenvalue weighted by Crippen LogP contribution is -2.21. The van der Waals surface area contributed by atoms with Gasteiger partial charge in [-0.2, -0.15) is 4.99 Å². The van der Waals surface area contributed by atoms with Crippen LogP contribution in [-0.4, -0.2) is 31.4 Å². The lowest BCUT2D eigenvalue weighted by Gasteiger charge is -2.12. The van der Waals surface area contributed by atoms with E-state index in [1.54, 1.807) is 0 Å². The van der Waals surface area contributed by atoms with Gasteiger partial charge in [0, 0.05) is 25.2 Å². The van der Waals surface area contributed by atoms with E-state index in [1.807, 2.05) is 38.1 Å². The number of likely N-dealkylation sites (N-methyl/N-ethyl adjacent to an activating group) is 1. The predicted molar refractivity (Wildman–Crippen MR) is 57.0 cm³/mol. The van der Waals surface area contributed by atoms with Crippen LogP contribution in [0.5, 0.6) is 0 Å². The van der Waals surface area contributed by atoms with Crippen LogP contribution in [0, 0.1) is 0 Å². The van der Waals surface area contributed by atoms with Crippen molar-refractivity contribution in [1.82, 2.24) is 4.90 Å². The summed E-state index contributed by atoms with van der Waals surface area (Å²) in [7, 11) is 3.98. The van der Waals surface area contributed by atoms with E-state index < -0.39 is 0 Å². The second-order valence-corrected chi connectivity index (χ2v) is 3.42. The Hall–Kier alpha value is -1.51. The summed E-state index contributed by atoms with van der Waals surface area (Å²) >= 11 is 0. The summed E-state index contributed by atoms with van der Waals surface area (Å²) in [5, 5.41) is 0. The quantitative estimate of drug-likeness (QED) is 0.662. The molecule has 0 amide bonds. The first-order valence-electron chi connectivity index (χ1n) is 4.76. The smallest absolute Gasteiger partial charge is 0.223 e. The van der Waals surface area contributed by atoms with Crippen molar-refractivity contribution in [2.24, 2.45) is 4.99 Å². The molecule has 3 heteroatoms. The number of hydrogen-bond acceptors (Lipinski definition) is 3. The van der Waals surface area contributed by atoms with Gasteiger partial charge in [0.25, 0.3) is 0 Å². The van der Waals surface area contributed by atoms with Gasteiger partial charge in [-0.1, -0.05) is 12.2 Å². The van der Waals surface area contributed by atoms with E-state index in [9.17, 15) is 0 Å². The molecule has 0 radical (unpaired) electrons. The van der Waals surface area contributed by atoms with E-state index in [4.69, 9.17) is 4.74 Å². The summed E-state index contributed by atoms with van der Waals surface area (Å²) in [6, 6.07) is 0. The standard InChI is InChI=1S/C11H14N2O/c1-4-14-11-9-7-5-6-8(9)10(12-11)13(2)3/h5-7H,4H2,1-3H3. The molecule has 2 rings (SSSR count). The van der Waals surface area contributed by atoms with Gasteiger partial charge in [0.05, 0.1) is 6.61 Å². The highest BCUT2D eigenvalue weighted by Crippen LogP contribution is 2.31.